The summed E-state index contributed by atoms with van der Waals surface area (Å²) in [5, 5.41) is 2.26. The van der Waals surface area contributed by atoms with Crippen molar-refractivity contribution in [2.75, 3.05) is 11.5 Å². The molecular weight excluding hydrogens is 256 g/mol. The third-order valence-electron chi connectivity index (χ3n) is 4.22. The first-order valence-electron chi connectivity index (χ1n) is 8.29. The lowest BCUT2D eigenvalue weighted by Gasteiger charge is -2.09. The summed E-state index contributed by atoms with van der Waals surface area (Å²) in [5.74, 6) is 0. The van der Waals surface area contributed by atoms with Gasteiger partial charge in [-0.05, 0) is 42.0 Å². The number of nitrogens with two attached hydrogens (primary N) is 2. The molecule has 0 atom stereocenters. The molecule has 0 bridgehead atoms. The van der Waals surface area contributed by atoms with Crippen LogP contribution in [0.15, 0.2) is 30.3 Å². The summed E-state index contributed by atoms with van der Waals surface area (Å²) in [6.45, 7) is 2.26. The molecule has 0 aliphatic rings. The Morgan fingerprint density at radius 2 is 1.52 bits per heavy atom. The van der Waals surface area contributed by atoms with Crippen LogP contribution in [0.25, 0.3) is 10.8 Å². The molecule has 2 heteroatoms. The lowest BCUT2D eigenvalue weighted by molar-refractivity contribution is 0.589. The van der Waals surface area contributed by atoms with Gasteiger partial charge in [0.05, 0.1) is 0 Å². The highest BCUT2D eigenvalue weighted by atomic mass is 14.6. The maximum Gasteiger partial charge on any atom is 0.0394 e. The highest BCUT2D eigenvalue weighted by Gasteiger charge is 2.04. The second-order valence-electron chi connectivity index (χ2n) is 5.99. The maximum absolute atomic E-state index is 6.18. The van der Waals surface area contributed by atoms with Crippen molar-refractivity contribution in [1.82, 2.24) is 0 Å². The molecule has 0 unspecified atom stereocenters. The molecule has 2 aromatic carbocycles. The third kappa shape index (κ3) is 4.38. The van der Waals surface area contributed by atoms with Crippen molar-refractivity contribution in [3.63, 3.8) is 0 Å². The average molecular weight is 284 g/mol. The highest BCUT2D eigenvalue weighted by molar-refractivity contribution is 5.95. The SMILES string of the molecule is CCCCCCCCCc1cc2cccc(N)c2cc1N. The molecule has 0 aliphatic heterocycles. The molecule has 0 radical (unpaired) electrons. The summed E-state index contributed by atoms with van der Waals surface area (Å²) in [4.78, 5) is 0. The molecule has 0 amide bonds. The third-order valence-corrected chi connectivity index (χ3v) is 4.22. The Bertz CT molecular complexity index is 575. The van der Waals surface area contributed by atoms with E-state index in [4.69, 9.17) is 11.5 Å². The van der Waals surface area contributed by atoms with Crippen LogP contribution >= 0.6 is 0 Å². The number of hydrogen-bond acceptors (Lipinski definition) is 2. The van der Waals surface area contributed by atoms with Gasteiger partial charge in [-0.15, -0.1) is 0 Å². The van der Waals surface area contributed by atoms with Gasteiger partial charge >= 0.3 is 0 Å². The van der Waals surface area contributed by atoms with Gasteiger partial charge in [-0.1, -0.05) is 57.6 Å². The van der Waals surface area contributed by atoms with E-state index < -0.39 is 0 Å². The zero-order chi connectivity index (χ0) is 15.1. The second-order valence-corrected chi connectivity index (χ2v) is 5.99. The number of anilines is 2. The summed E-state index contributed by atoms with van der Waals surface area (Å²) in [6.07, 6.45) is 10.4. The molecule has 4 N–H and O–H groups in total. The number of aryl methyl sites for hydroxylation is 1. The zero-order valence-electron chi connectivity index (χ0n) is 13.2. The van der Waals surface area contributed by atoms with Crippen molar-refractivity contribution in [3.8, 4) is 0 Å². The van der Waals surface area contributed by atoms with E-state index in [1.807, 2.05) is 18.2 Å². The van der Waals surface area contributed by atoms with E-state index in [2.05, 4.69) is 19.1 Å². The normalized spacial score (nSPS) is 11.1. The summed E-state index contributed by atoms with van der Waals surface area (Å²) in [7, 11) is 0. The van der Waals surface area contributed by atoms with Crippen molar-refractivity contribution in [2.24, 2.45) is 0 Å². The number of rotatable bonds is 8. The smallest absolute Gasteiger partial charge is 0.0394 e. The molecule has 0 saturated heterocycles. The molecule has 2 rings (SSSR count). The monoisotopic (exact) mass is 284 g/mol. The Hall–Kier alpha value is -1.70. The van der Waals surface area contributed by atoms with Gasteiger partial charge in [-0.25, -0.2) is 0 Å². The van der Waals surface area contributed by atoms with E-state index in [1.165, 1.54) is 55.9 Å². The Labute approximate surface area is 128 Å². The number of nitrogen functional groups attached to an aromatic ring is 2. The molecule has 2 aromatic rings. The first kappa shape index (κ1) is 15.7. The van der Waals surface area contributed by atoms with Crippen LogP contribution in [0.4, 0.5) is 11.4 Å². The minimum absolute atomic E-state index is 0.807. The quantitative estimate of drug-likeness (QED) is 0.510. The van der Waals surface area contributed by atoms with Crippen molar-refractivity contribution in [2.45, 2.75) is 58.3 Å². The van der Waals surface area contributed by atoms with E-state index in [9.17, 15) is 0 Å². The number of fused-ring (bicyclic) bond motifs is 1. The topological polar surface area (TPSA) is 52.0 Å². The minimum atomic E-state index is 0.807. The molecule has 2 nitrogen and oxygen atoms in total. The standard InChI is InChI=1S/C19H28N2/c1-2-3-4-5-6-7-8-10-16-13-15-11-9-12-18(20)17(15)14-19(16)21/h9,11-14H,2-8,10,20-21H2,1H3. The van der Waals surface area contributed by atoms with Gasteiger partial charge in [0, 0.05) is 16.8 Å². The predicted octanol–water partition coefficient (Wildman–Crippen LogP) is 5.30. The predicted molar refractivity (Wildman–Crippen MR) is 94.5 cm³/mol. The molecule has 21 heavy (non-hydrogen) atoms. The number of benzene rings is 2. The Morgan fingerprint density at radius 3 is 2.29 bits per heavy atom. The van der Waals surface area contributed by atoms with Crippen molar-refractivity contribution in [1.29, 1.82) is 0 Å². The maximum atomic E-state index is 6.18. The van der Waals surface area contributed by atoms with Crippen LogP contribution in [0, 0.1) is 0 Å². The summed E-state index contributed by atoms with van der Waals surface area (Å²) >= 11 is 0. The lowest BCUT2D eigenvalue weighted by Crippen LogP contribution is -1.96. The van der Waals surface area contributed by atoms with E-state index in [0.717, 1.165) is 23.2 Å². The van der Waals surface area contributed by atoms with Crippen LogP contribution in [0.5, 0.6) is 0 Å². The van der Waals surface area contributed by atoms with E-state index in [1.54, 1.807) is 0 Å². The number of hydrogen-bond donors (Lipinski definition) is 2. The zero-order valence-corrected chi connectivity index (χ0v) is 13.2. The molecule has 0 saturated carbocycles. The highest BCUT2D eigenvalue weighted by Crippen LogP contribution is 2.27. The van der Waals surface area contributed by atoms with Gasteiger partial charge < -0.3 is 11.5 Å². The van der Waals surface area contributed by atoms with Gasteiger partial charge in [-0.3, -0.25) is 0 Å². The van der Waals surface area contributed by atoms with E-state index >= 15 is 0 Å². The molecule has 0 aromatic heterocycles. The lowest BCUT2D eigenvalue weighted by atomic mass is 9.99. The van der Waals surface area contributed by atoms with Gasteiger partial charge in [0.15, 0.2) is 0 Å². The molecule has 0 fully saturated rings. The molecule has 114 valence electrons. The molecule has 0 aliphatic carbocycles. The van der Waals surface area contributed by atoms with Crippen molar-refractivity contribution < 1.29 is 0 Å². The minimum Gasteiger partial charge on any atom is -0.398 e. The van der Waals surface area contributed by atoms with Crippen LogP contribution in [-0.4, -0.2) is 0 Å². The molecule has 0 heterocycles. The number of unbranched alkanes of at least 4 members (excludes halogenated alkanes) is 6. The second kappa shape index (κ2) is 7.92. The van der Waals surface area contributed by atoms with Crippen LogP contribution in [0.1, 0.15) is 57.4 Å². The fourth-order valence-corrected chi connectivity index (χ4v) is 2.90. The van der Waals surface area contributed by atoms with Gasteiger partial charge in [0.2, 0.25) is 0 Å². The summed E-state index contributed by atoms with van der Waals surface area (Å²) in [6, 6.07) is 10.3. The van der Waals surface area contributed by atoms with Gasteiger partial charge in [0.1, 0.15) is 0 Å². The summed E-state index contributed by atoms with van der Waals surface area (Å²) < 4.78 is 0. The summed E-state index contributed by atoms with van der Waals surface area (Å²) in [5.41, 5.74) is 15.1. The molecular formula is C19H28N2. The van der Waals surface area contributed by atoms with Gasteiger partial charge in [-0.2, -0.15) is 0 Å². The fraction of sp³-hybridized carbons (Fsp3) is 0.474. The van der Waals surface area contributed by atoms with Crippen LogP contribution in [0.2, 0.25) is 0 Å². The first-order chi connectivity index (χ1) is 10.2. The first-order valence-corrected chi connectivity index (χ1v) is 8.29. The Kier molecular flexibility index (Phi) is 5.91. The fourth-order valence-electron chi connectivity index (χ4n) is 2.90. The van der Waals surface area contributed by atoms with Crippen LogP contribution < -0.4 is 11.5 Å². The average Bonchev–Trinajstić information content (AvgIpc) is 2.48. The van der Waals surface area contributed by atoms with Crippen LogP contribution in [-0.2, 0) is 6.42 Å². The van der Waals surface area contributed by atoms with Crippen molar-refractivity contribution >= 4 is 22.1 Å². The van der Waals surface area contributed by atoms with E-state index in [0.29, 0.717) is 0 Å². The van der Waals surface area contributed by atoms with Crippen LogP contribution in [0.3, 0.4) is 0 Å². The van der Waals surface area contributed by atoms with E-state index in [-0.39, 0.29) is 0 Å². The van der Waals surface area contributed by atoms with Crippen molar-refractivity contribution in [3.05, 3.63) is 35.9 Å². The largest absolute Gasteiger partial charge is 0.398 e. The molecule has 0 spiro atoms. The van der Waals surface area contributed by atoms with Gasteiger partial charge in [0.25, 0.3) is 0 Å². The Balaban J connectivity index is 1.89. The Morgan fingerprint density at radius 1 is 0.810 bits per heavy atom.